The summed E-state index contributed by atoms with van der Waals surface area (Å²) < 4.78 is 12.4. The highest BCUT2D eigenvalue weighted by Crippen LogP contribution is 2.33. The van der Waals surface area contributed by atoms with Gasteiger partial charge in [0.05, 0.1) is 36.7 Å². The molecule has 11 heteroatoms. The second kappa shape index (κ2) is 9.82. The number of phenolic OH excluding ortho intramolecular Hbond substituents is 1. The number of benzene rings is 3. The summed E-state index contributed by atoms with van der Waals surface area (Å²) >= 11 is 0. The Morgan fingerprint density at radius 2 is 1.70 bits per heavy atom. The van der Waals surface area contributed by atoms with Gasteiger partial charge >= 0.3 is 0 Å². The van der Waals surface area contributed by atoms with Crippen LogP contribution in [0, 0.1) is 6.92 Å². The van der Waals surface area contributed by atoms with E-state index in [1.165, 1.54) is 12.1 Å². The Morgan fingerprint density at radius 1 is 0.946 bits per heavy atom. The molecule has 37 heavy (non-hydrogen) atoms. The molecule has 1 amide bonds. The van der Waals surface area contributed by atoms with E-state index in [-0.39, 0.29) is 11.3 Å². The van der Waals surface area contributed by atoms with Gasteiger partial charge in [0, 0.05) is 17.4 Å². The molecule has 0 aliphatic carbocycles. The van der Waals surface area contributed by atoms with Crippen LogP contribution < -0.4 is 14.8 Å². The van der Waals surface area contributed by atoms with E-state index < -0.39 is 5.91 Å². The second-order valence-electron chi connectivity index (χ2n) is 8.13. The Labute approximate surface area is 211 Å². The number of anilines is 1. The average molecular weight is 498 g/mol. The SMILES string of the molecule is COc1ccc(N=Nc2ccc(O)c(C(=O)Nc3ccc(OC)c(-c4nnc5cc(C)[nH]n45)c3)c2)cc1. The number of azo groups is 1. The van der Waals surface area contributed by atoms with Crippen molar-refractivity contribution in [2.45, 2.75) is 6.92 Å². The summed E-state index contributed by atoms with van der Waals surface area (Å²) in [5, 5.41) is 33.1. The van der Waals surface area contributed by atoms with E-state index in [0.29, 0.717) is 45.6 Å². The molecule has 0 spiro atoms. The van der Waals surface area contributed by atoms with Crippen molar-refractivity contribution in [1.29, 1.82) is 0 Å². The van der Waals surface area contributed by atoms with Gasteiger partial charge in [0.15, 0.2) is 11.5 Å². The number of carbonyl (C=O) groups excluding carboxylic acids is 1. The van der Waals surface area contributed by atoms with Crippen LogP contribution >= 0.6 is 0 Å². The Morgan fingerprint density at radius 3 is 2.46 bits per heavy atom. The number of aryl methyl sites for hydroxylation is 1. The molecule has 0 fully saturated rings. The summed E-state index contributed by atoms with van der Waals surface area (Å²) in [7, 11) is 3.14. The van der Waals surface area contributed by atoms with Crippen molar-refractivity contribution >= 4 is 28.6 Å². The minimum Gasteiger partial charge on any atom is -0.507 e. The normalized spacial score (nSPS) is 11.2. The molecule has 2 heterocycles. The molecule has 0 aliphatic heterocycles. The first-order chi connectivity index (χ1) is 17.9. The van der Waals surface area contributed by atoms with Crippen molar-refractivity contribution in [2.75, 3.05) is 19.5 Å². The number of nitrogens with one attached hydrogen (secondary N) is 2. The molecule has 3 aromatic carbocycles. The minimum absolute atomic E-state index is 0.0495. The number of phenols is 1. The molecule has 0 saturated heterocycles. The highest BCUT2D eigenvalue weighted by atomic mass is 16.5. The van der Waals surface area contributed by atoms with Gasteiger partial charge in [-0.2, -0.15) is 10.2 Å². The first-order valence-electron chi connectivity index (χ1n) is 11.2. The van der Waals surface area contributed by atoms with Gasteiger partial charge in [-0.1, -0.05) is 0 Å². The fraction of sp³-hybridized carbons (Fsp3) is 0.115. The summed E-state index contributed by atoms with van der Waals surface area (Å²) in [5.74, 6) is 1.09. The lowest BCUT2D eigenvalue weighted by Gasteiger charge is -2.11. The van der Waals surface area contributed by atoms with Crippen molar-refractivity contribution in [3.63, 3.8) is 0 Å². The number of nitrogens with zero attached hydrogens (tertiary/aromatic N) is 5. The van der Waals surface area contributed by atoms with Crippen LogP contribution in [0.2, 0.25) is 0 Å². The number of aromatic nitrogens is 4. The van der Waals surface area contributed by atoms with Crippen LogP contribution in [-0.4, -0.2) is 45.0 Å². The van der Waals surface area contributed by atoms with E-state index in [9.17, 15) is 9.90 Å². The zero-order valence-electron chi connectivity index (χ0n) is 20.3. The van der Waals surface area contributed by atoms with E-state index in [2.05, 4.69) is 30.8 Å². The van der Waals surface area contributed by atoms with Gasteiger partial charge in [0.1, 0.15) is 17.2 Å². The predicted molar refractivity (Wildman–Crippen MR) is 137 cm³/mol. The van der Waals surface area contributed by atoms with Gasteiger partial charge in [-0.3, -0.25) is 9.89 Å². The lowest BCUT2D eigenvalue weighted by molar-refractivity contribution is 0.102. The monoisotopic (exact) mass is 497 g/mol. The maximum absolute atomic E-state index is 13.1. The number of hydrogen-bond acceptors (Lipinski definition) is 8. The molecule has 2 aromatic heterocycles. The molecular weight excluding hydrogens is 474 g/mol. The second-order valence-corrected chi connectivity index (χ2v) is 8.13. The lowest BCUT2D eigenvalue weighted by Crippen LogP contribution is -2.12. The number of hydrogen-bond donors (Lipinski definition) is 3. The zero-order chi connectivity index (χ0) is 25.9. The Balaban J connectivity index is 1.40. The van der Waals surface area contributed by atoms with Crippen molar-refractivity contribution in [1.82, 2.24) is 19.8 Å². The molecule has 0 aliphatic rings. The highest BCUT2D eigenvalue weighted by molar-refractivity contribution is 6.07. The number of fused-ring (bicyclic) bond motifs is 1. The fourth-order valence-corrected chi connectivity index (χ4v) is 3.77. The molecule has 0 radical (unpaired) electrons. The van der Waals surface area contributed by atoms with Crippen molar-refractivity contribution in [3.8, 4) is 28.6 Å². The number of amides is 1. The Kier molecular flexibility index (Phi) is 6.25. The minimum atomic E-state index is -0.516. The molecule has 5 aromatic rings. The van der Waals surface area contributed by atoms with E-state index in [4.69, 9.17) is 9.47 Å². The van der Waals surface area contributed by atoms with Crippen LogP contribution in [0.5, 0.6) is 17.2 Å². The molecule has 3 N–H and O–H groups in total. The van der Waals surface area contributed by atoms with E-state index in [1.807, 2.05) is 13.0 Å². The topological polar surface area (TPSA) is 138 Å². The molecule has 0 atom stereocenters. The van der Waals surface area contributed by atoms with Gasteiger partial charge in [0.2, 0.25) is 0 Å². The van der Waals surface area contributed by atoms with Crippen LogP contribution in [0.3, 0.4) is 0 Å². The predicted octanol–water partition coefficient (Wildman–Crippen LogP) is 5.42. The van der Waals surface area contributed by atoms with Gasteiger partial charge in [0.25, 0.3) is 5.91 Å². The molecule has 5 rings (SSSR count). The van der Waals surface area contributed by atoms with Crippen molar-refractivity contribution < 1.29 is 19.4 Å². The van der Waals surface area contributed by atoms with E-state index in [0.717, 1.165) is 5.69 Å². The van der Waals surface area contributed by atoms with Gasteiger partial charge < -0.3 is 19.9 Å². The van der Waals surface area contributed by atoms with Crippen LogP contribution in [0.15, 0.2) is 77.0 Å². The molecule has 11 nitrogen and oxygen atoms in total. The van der Waals surface area contributed by atoms with Gasteiger partial charge in [-0.05, 0) is 67.6 Å². The van der Waals surface area contributed by atoms with E-state index in [1.54, 1.807) is 67.3 Å². The highest BCUT2D eigenvalue weighted by Gasteiger charge is 2.18. The van der Waals surface area contributed by atoms with Crippen LogP contribution in [0.25, 0.3) is 17.0 Å². The van der Waals surface area contributed by atoms with Gasteiger partial charge in [-0.25, -0.2) is 4.52 Å². The first-order valence-corrected chi connectivity index (χ1v) is 11.2. The number of ether oxygens (including phenoxy) is 2. The van der Waals surface area contributed by atoms with Crippen LogP contribution in [0.4, 0.5) is 17.1 Å². The number of aromatic hydroxyl groups is 1. The maximum atomic E-state index is 13.1. The number of H-pyrrole nitrogens is 1. The Bertz CT molecular complexity index is 1620. The van der Waals surface area contributed by atoms with E-state index >= 15 is 0 Å². The summed E-state index contributed by atoms with van der Waals surface area (Å²) in [6.45, 7) is 1.92. The number of aromatic amines is 1. The largest absolute Gasteiger partial charge is 0.507 e. The smallest absolute Gasteiger partial charge is 0.259 e. The first kappa shape index (κ1) is 23.5. The van der Waals surface area contributed by atoms with Crippen LogP contribution in [-0.2, 0) is 0 Å². The summed E-state index contributed by atoms with van der Waals surface area (Å²) in [6.07, 6.45) is 0. The third-order valence-corrected chi connectivity index (χ3v) is 5.60. The molecule has 0 bridgehead atoms. The molecule has 0 saturated carbocycles. The van der Waals surface area contributed by atoms with Gasteiger partial charge in [-0.15, -0.1) is 10.2 Å². The third kappa shape index (κ3) is 4.82. The standard InChI is InChI=1S/C26H23N7O4/c1-15-12-24-30-31-25(33(24)32-15)21-13-17(7-11-23(21)37-3)27-26(35)20-14-18(6-10-22(20)34)29-28-16-4-8-19(36-2)9-5-16/h4-14,32,34H,1-3H3,(H,27,35). The summed E-state index contributed by atoms with van der Waals surface area (Å²) in [6, 6.07) is 18.5. The average Bonchev–Trinajstić information content (AvgIpc) is 3.47. The molecule has 0 unspecified atom stereocenters. The number of rotatable bonds is 7. The molecule has 186 valence electrons. The molecular formula is C26H23N7O4. The van der Waals surface area contributed by atoms with Crippen LogP contribution in [0.1, 0.15) is 16.1 Å². The maximum Gasteiger partial charge on any atom is 0.259 e. The lowest BCUT2D eigenvalue weighted by atomic mass is 10.1. The van der Waals surface area contributed by atoms with Crippen molar-refractivity contribution in [2.24, 2.45) is 10.2 Å². The Hall–Kier alpha value is -5.19. The fourth-order valence-electron chi connectivity index (χ4n) is 3.77. The zero-order valence-corrected chi connectivity index (χ0v) is 20.3. The summed E-state index contributed by atoms with van der Waals surface area (Å²) in [5.41, 5.74) is 3.76. The number of carbonyl (C=O) groups is 1. The quantitative estimate of drug-likeness (QED) is 0.257. The third-order valence-electron chi connectivity index (χ3n) is 5.60. The summed E-state index contributed by atoms with van der Waals surface area (Å²) in [4.78, 5) is 13.1. The van der Waals surface area contributed by atoms with Crippen molar-refractivity contribution in [3.05, 3.63) is 78.0 Å². The number of methoxy groups -OCH3 is 2.